The lowest BCUT2D eigenvalue weighted by Crippen LogP contribution is -2.46. The third-order valence-corrected chi connectivity index (χ3v) is 6.29. The summed E-state index contributed by atoms with van der Waals surface area (Å²) in [4.78, 5) is 37.5. The first kappa shape index (κ1) is 27.0. The van der Waals surface area contributed by atoms with Crippen LogP contribution in [0.2, 0.25) is 0 Å². The molecular formula is C23H30ClFN8O3. The number of aryl methyl sites for hydroxylation is 1. The highest BCUT2D eigenvalue weighted by Gasteiger charge is 2.22. The summed E-state index contributed by atoms with van der Waals surface area (Å²) < 4.78 is 22.2. The van der Waals surface area contributed by atoms with Crippen molar-refractivity contribution in [2.24, 2.45) is 5.73 Å². The van der Waals surface area contributed by atoms with E-state index in [2.05, 4.69) is 32.0 Å². The number of carbonyl (C=O) groups excluding carboxylic acids is 1. The molecule has 1 saturated heterocycles. The third kappa shape index (κ3) is 4.86. The van der Waals surface area contributed by atoms with Crippen LogP contribution in [0, 0.1) is 5.82 Å². The van der Waals surface area contributed by atoms with Crippen LogP contribution >= 0.6 is 12.4 Å². The number of nitrogen functional groups attached to an aromatic ring is 1. The van der Waals surface area contributed by atoms with Crippen LogP contribution in [0.3, 0.4) is 0 Å². The topological polar surface area (TPSA) is 145 Å². The van der Waals surface area contributed by atoms with Gasteiger partial charge in [0.25, 0.3) is 5.91 Å². The molecule has 11 nitrogen and oxygen atoms in total. The average Bonchev–Trinajstić information content (AvgIpc) is 2.85. The number of amides is 1. The van der Waals surface area contributed by atoms with E-state index in [0.717, 1.165) is 38.4 Å². The Labute approximate surface area is 213 Å². The van der Waals surface area contributed by atoms with Gasteiger partial charge in [-0.3, -0.25) is 9.59 Å². The first-order valence-electron chi connectivity index (χ1n) is 11.4. The van der Waals surface area contributed by atoms with Crippen molar-refractivity contribution in [2.45, 2.75) is 20.4 Å². The van der Waals surface area contributed by atoms with E-state index in [1.54, 1.807) is 13.0 Å². The van der Waals surface area contributed by atoms with Crippen molar-refractivity contribution in [2.75, 3.05) is 55.8 Å². The van der Waals surface area contributed by atoms with Crippen molar-refractivity contribution >= 4 is 52.5 Å². The van der Waals surface area contributed by atoms with Gasteiger partial charge in [0.2, 0.25) is 11.4 Å². The zero-order valence-corrected chi connectivity index (χ0v) is 21.2. The van der Waals surface area contributed by atoms with E-state index in [1.807, 2.05) is 0 Å². The van der Waals surface area contributed by atoms with E-state index in [9.17, 15) is 9.59 Å². The van der Waals surface area contributed by atoms with Crippen molar-refractivity contribution in [3.8, 4) is 5.75 Å². The quantitative estimate of drug-likeness (QED) is 0.425. The van der Waals surface area contributed by atoms with Gasteiger partial charge in [0.05, 0.1) is 12.5 Å². The van der Waals surface area contributed by atoms with E-state index in [1.165, 1.54) is 23.9 Å². The zero-order chi connectivity index (χ0) is 25.3. The van der Waals surface area contributed by atoms with Crippen molar-refractivity contribution in [1.29, 1.82) is 0 Å². The fraction of sp³-hybridized carbons (Fsp3) is 0.391. The number of carbonyl (C=O) groups is 1. The Hall–Kier alpha value is -3.64. The number of piperazine rings is 1. The highest BCUT2D eigenvalue weighted by molar-refractivity contribution is 6.00. The molecule has 1 aliphatic heterocycles. The number of anilines is 4. The predicted molar refractivity (Wildman–Crippen MR) is 140 cm³/mol. The standard InChI is InChI=1S/C23H29FN8O3.ClH/c1-4-30-6-8-31(9-7-30)13-10-15(24)18(16(11-13)35-3)28-23-27-12-14-19(33)17(21(26)34)20(25)32(5-2)22(14)29-23;/h10-12H,4-9,25H2,1-3H3,(H2,26,34)(H,27,28,29);1H. The Bertz CT molecular complexity index is 1340. The molecule has 0 atom stereocenters. The Morgan fingerprint density at radius 1 is 1.19 bits per heavy atom. The van der Waals surface area contributed by atoms with Gasteiger partial charge in [0, 0.05) is 50.7 Å². The largest absolute Gasteiger partial charge is 0.494 e. The van der Waals surface area contributed by atoms with Gasteiger partial charge < -0.3 is 35.9 Å². The lowest BCUT2D eigenvalue weighted by atomic mass is 10.1. The first-order chi connectivity index (χ1) is 16.8. The van der Waals surface area contributed by atoms with Crippen LogP contribution in [0.25, 0.3) is 11.0 Å². The molecule has 1 aromatic carbocycles. The number of benzene rings is 1. The van der Waals surface area contributed by atoms with Crippen molar-refractivity contribution < 1.29 is 13.9 Å². The molecule has 2 aromatic heterocycles. The SMILES string of the molecule is CCN1CCN(c2cc(F)c(Nc3ncc4c(=O)c(C(N)=O)c(N)n(CC)c4n3)c(OC)c2)CC1.Cl. The number of hydrogen-bond donors (Lipinski definition) is 3. The average molecular weight is 521 g/mol. The van der Waals surface area contributed by atoms with Gasteiger partial charge in [-0.1, -0.05) is 6.92 Å². The third-order valence-electron chi connectivity index (χ3n) is 6.29. The molecule has 0 saturated carbocycles. The summed E-state index contributed by atoms with van der Waals surface area (Å²) in [7, 11) is 1.46. The van der Waals surface area contributed by atoms with Crippen molar-refractivity contribution in [3.63, 3.8) is 0 Å². The molecule has 194 valence electrons. The van der Waals surface area contributed by atoms with Gasteiger partial charge in [0.15, 0.2) is 11.5 Å². The minimum atomic E-state index is -0.929. The number of nitrogens with one attached hydrogen (secondary N) is 1. The van der Waals surface area contributed by atoms with Crippen LogP contribution < -0.4 is 31.8 Å². The second-order valence-corrected chi connectivity index (χ2v) is 8.18. The number of methoxy groups -OCH3 is 1. The molecule has 0 spiro atoms. The van der Waals surface area contributed by atoms with Crippen molar-refractivity contribution in [3.05, 3.63) is 39.9 Å². The Morgan fingerprint density at radius 2 is 1.89 bits per heavy atom. The Balaban J connectivity index is 0.00000361. The molecule has 0 unspecified atom stereocenters. The van der Waals surface area contributed by atoms with Gasteiger partial charge in [-0.05, 0) is 19.5 Å². The maximum atomic E-state index is 15.2. The number of aromatic nitrogens is 3. The van der Waals surface area contributed by atoms with E-state index in [0.29, 0.717) is 6.54 Å². The molecule has 1 fully saturated rings. The lowest BCUT2D eigenvalue weighted by Gasteiger charge is -2.35. The van der Waals surface area contributed by atoms with E-state index in [4.69, 9.17) is 16.2 Å². The summed E-state index contributed by atoms with van der Waals surface area (Å²) in [5, 5.41) is 2.94. The molecule has 3 aromatic rings. The summed E-state index contributed by atoms with van der Waals surface area (Å²) in [5.74, 6) is -1.22. The van der Waals surface area contributed by atoms with Gasteiger partial charge in [-0.25, -0.2) is 9.37 Å². The molecule has 0 radical (unpaired) electrons. The summed E-state index contributed by atoms with van der Waals surface area (Å²) in [6.07, 6.45) is 1.26. The molecule has 13 heteroatoms. The molecule has 36 heavy (non-hydrogen) atoms. The summed E-state index contributed by atoms with van der Waals surface area (Å²) >= 11 is 0. The number of rotatable bonds is 7. The Kier molecular flexibility index (Phi) is 8.21. The Morgan fingerprint density at radius 3 is 2.47 bits per heavy atom. The summed E-state index contributed by atoms with van der Waals surface area (Å²) in [6, 6.07) is 3.22. The number of likely N-dealkylation sites (N-methyl/N-ethyl adjacent to an activating group) is 1. The van der Waals surface area contributed by atoms with E-state index in [-0.39, 0.29) is 52.2 Å². The number of primary amides is 1. The van der Waals surface area contributed by atoms with Gasteiger partial charge in [-0.15, -0.1) is 12.4 Å². The predicted octanol–water partition coefficient (Wildman–Crippen LogP) is 1.95. The smallest absolute Gasteiger partial charge is 0.256 e. The molecule has 5 N–H and O–H groups in total. The minimum Gasteiger partial charge on any atom is -0.494 e. The van der Waals surface area contributed by atoms with Crippen LogP contribution in [0.15, 0.2) is 23.1 Å². The molecule has 1 amide bonds. The first-order valence-corrected chi connectivity index (χ1v) is 11.4. The van der Waals surface area contributed by atoms with Crippen LogP contribution in [-0.2, 0) is 6.54 Å². The normalized spacial score (nSPS) is 13.9. The monoisotopic (exact) mass is 520 g/mol. The van der Waals surface area contributed by atoms with Gasteiger partial charge in [-0.2, -0.15) is 4.98 Å². The number of fused-ring (bicyclic) bond motifs is 1. The van der Waals surface area contributed by atoms with Crippen LogP contribution in [0.1, 0.15) is 24.2 Å². The molecule has 0 aliphatic carbocycles. The van der Waals surface area contributed by atoms with Gasteiger partial charge in [0.1, 0.15) is 22.8 Å². The van der Waals surface area contributed by atoms with Crippen molar-refractivity contribution in [1.82, 2.24) is 19.4 Å². The maximum absolute atomic E-state index is 15.2. The molecule has 1 aliphatic rings. The van der Waals surface area contributed by atoms with Crippen LogP contribution in [-0.4, -0.2) is 65.2 Å². The number of nitrogens with two attached hydrogens (primary N) is 2. The zero-order valence-electron chi connectivity index (χ0n) is 20.4. The molecule has 4 rings (SSSR count). The van der Waals surface area contributed by atoms with E-state index < -0.39 is 17.2 Å². The second-order valence-electron chi connectivity index (χ2n) is 8.18. The molecule has 3 heterocycles. The fourth-order valence-corrected chi connectivity index (χ4v) is 4.32. The summed E-state index contributed by atoms with van der Waals surface area (Å²) in [6.45, 7) is 8.61. The fourth-order valence-electron chi connectivity index (χ4n) is 4.32. The number of hydrogen-bond acceptors (Lipinski definition) is 9. The molecule has 0 bridgehead atoms. The van der Waals surface area contributed by atoms with Crippen LogP contribution in [0.4, 0.5) is 27.5 Å². The minimum absolute atomic E-state index is 0. The number of pyridine rings is 1. The van der Waals surface area contributed by atoms with Gasteiger partial charge >= 0.3 is 0 Å². The van der Waals surface area contributed by atoms with E-state index >= 15 is 4.39 Å². The molecular weight excluding hydrogens is 491 g/mol. The maximum Gasteiger partial charge on any atom is 0.256 e. The number of ether oxygens (including phenoxy) is 1. The number of nitrogens with zero attached hydrogens (tertiary/aromatic N) is 5. The second kappa shape index (κ2) is 11.0. The highest BCUT2D eigenvalue weighted by Crippen LogP contribution is 2.35. The summed E-state index contributed by atoms with van der Waals surface area (Å²) in [5.41, 5.74) is 11.4. The number of halogens is 2. The highest BCUT2D eigenvalue weighted by atomic mass is 35.5. The van der Waals surface area contributed by atoms with Crippen LogP contribution in [0.5, 0.6) is 5.75 Å². The lowest BCUT2D eigenvalue weighted by molar-refractivity contribution is 0.1000.